The van der Waals surface area contributed by atoms with Crippen LogP contribution in [0.2, 0.25) is 0 Å². The first-order valence-electron chi connectivity index (χ1n) is 15.9. The Kier molecular flexibility index (Phi) is 7.79. The molecule has 44 heavy (non-hydrogen) atoms. The van der Waals surface area contributed by atoms with E-state index in [9.17, 15) is 19.5 Å². The van der Waals surface area contributed by atoms with Gasteiger partial charge in [0, 0.05) is 24.5 Å². The highest BCUT2D eigenvalue weighted by molar-refractivity contribution is 6.08. The Morgan fingerprint density at radius 2 is 1.61 bits per heavy atom. The van der Waals surface area contributed by atoms with Crippen molar-refractivity contribution < 1.29 is 24.2 Å². The van der Waals surface area contributed by atoms with E-state index in [2.05, 4.69) is 0 Å². The lowest BCUT2D eigenvalue weighted by atomic mass is 9.73. The van der Waals surface area contributed by atoms with Gasteiger partial charge in [-0.15, -0.1) is 0 Å². The number of fused-ring (bicyclic) bond motifs is 2. The number of rotatable bonds is 7. The summed E-state index contributed by atoms with van der Waals surface area (Å²) >= 11 is 0. The highest BCUT2D eigenvalue weighted by atomic mass is 16.5. The molecule has 8 nitrogen and oxygen atoms in total. The Morgan fingerprint density at radius 3 is 2.30 bits per heavy atom. The third-order valence-electron chi connectivity index (χ3n) is 10.4. The number of aliphatic hydroxyl groups excluding tert-OH is 1. The smallest absolute Gasteiger partial charge is 0.253 e. The molecule has 7 atom stereocenters. The number of hydrogen-bond donors (Lipinski definition) is 1. The van der Waals surface area contributed by atoms with Crippen LogP contribution in [0.25, 0.3) is 0 Å². The van der Waals surface area contributed by atoms with Crippen LogP contribution in [0.1, 0.15) is 44.7 Å². The number of aryl methyl sites for hydroxylation is 2. The van der Waals surface area contributed by atoms with Crippen LogP contribution in [-0.2, 0) is 19.1 Å². The van der Waals surface area contributed by atoms with Gasteiger partial charge in [-0.05, 0) is 55.5 Å². The predicted octanol–water partition coefficient (Wildman–Crippen LogP) is 4.58. The molecule has 1 spiro atoms. The second-order valence-corrected chi connectivity index (χ2v) is 12.8. The van der Waals surface area contributed by atoms with Gasteiger partial charge in [-0.3, -0.25) is 14.4 Å². The van der Waals surface area contributed by atoms with Crippen molar-refractivity contribution in [2.75, 3.05) is 29.5 Å². The van der Waals surface area contributed by atoms with Gasteiger partial charge in [0.2, 0.25) is 11.8 Å². The van der Waals surface area contributed by atoms with Gasteiger partial charge in [-0.2, -0.15) is 0 Å². The third-order valence-corrected chi connectivity index (χ3v) is 10.4. The standard InChI is InChI=1S/C36H43N3O5/c1-6-24(4)28(22-40)39-31-34(43)38(27-21-23(3)15-16-25(27)5)20-12-18-36(31)30(33(39)42)29-32(41)37(26-13-9-8-10-14-26)19-11-17-35(29,7-2)44-36/h8-18,21,24,28-31,40H,6-7,19-20,22H2,1-5H3/t24-,28-,29-,30-,31?,35+,36-/m0/s1. The molecule has 0 bridgehead atoms. The van der Waals surface area contributed by atoms with Crippen LogP contribution < -0.4 is 9.80 Å². The Balaban J connectivity index is 1.54. The zero-order valence-corrected chi connectivity index (χ0v) is 26.3. The van der Waals surface area contributed by atoms with E-state index >= 15 is 0 Å². The van der Waals surface area contributed by atoms with Crippen molar-refractivity contribution in [2.45, 2.75) is 70.7 Å². The second-order valence-electron chi connectivity index (χ2n) is 12.8. The van der Waals surface area contributed by atoms with Gasteiger partial charge >= 0.3 is 0 Å². The van der Waals surface area contributed by atoms with Crippen molar-refractivity contribution in [1.82, 2.24) is 4.90 Å². The highest BCUT2D eigenvalue weighted by Crippen LogP contribution is 2.59. The molecule has 0 aliphatic carbocycles. The Bertz CT molecular complexity index is 1520. The molecule has 2 aromatic carbocycles. The molecule has 8 heteroatoms. The molecule has 0 saturated carbocycles. The van der Waals surface area contributed by atoms with Gasteiger partial charge in [-0.1, -0.05) is 81.8 Å². The largest absolute Gasteiger partial charge is 0.394 e. The van der Waals surface area contributed by atoms with Crippen LogP contribution in [0.4, 0.5) is 11.4 Å². The molecule has 1 unspecified atom stereocenters. The van der Waals surface area contributed by atoms with Crippen molar-refractivity contribution in [1.29, 1.82) is 0 Å². The fourth-order valence-electron chi connectivity index (χ4n) is 7.94. The van der Waals surface area contributed by atoms with E-state index in [1.807, 2.05) is 107 Å². The Labute approximate surface area is 260 Å². The summed E-state index contributed by atoms with van der Waals surface area (Å²) in [5.74, 6) is -2.65. The summed E-state index contributed by atoms with van der Waals surface area (Å²) in [5, 5.41) is 10.7. The van der Waals surface area contributed by atoms with Gasteiger partial charge < -0.3 is 24.5 Å². The minimum Gasteiger partial charge on any atom is -0.394 e. The lowest BCUT2D eigenvalue weighted by molar-refractivity contribution is -0.150. The number of nitrogens with zero attached hydrogens (tertiary/aromatic N) is 3. The minimum absolute atomic E-state index is 0.0875. The number of hydrogen-bond acceptors (Lipinski definition) is 5. The van der Waals surface area contributed by atoms with Crippen molar-refractivity contribution >= 4 is 29.1 Å². The number of aliphatic hydroxyl groups is 1. The average Bonchev–Trinajstić information content (AvgIpc) is 3.32. The number of likely N-dealkylation sites (tertiary alicyclic amines) is 1. The zero-order valence-electron chi connectivity index (χ0n) is 26.3. The fourth-order valence-corrected chi connectivity index (χ4v) is 7.94. The summed E-state index contributed by atoms with van der Waals surface area (Å²) in [5.41, 5.74) is 1.03. The van der Waals surface area contributed by atoms with Crippen LogP contribution in [0, 0.1) is 31.6 Å². The molecule has 0 aromatic heterocycles. The van der Waals surface area contributed by atoms with Gasteiger partial charge in [0.05, 0.1) is 30.1 Å². The van der Waals surface area contributed by atoms with Crippen molar-refractivity contribution in [3.63, 3.8) is 0 Å². The zero-order chi connectivity index (χ0) is 31.4. The van der Waals surface area contributed by atoms with Crippen molar-refractivity contribution in [3.05, 3.63) is 84.0 Å². The van der Waals surface area contributed by atoms with E-state index in [1.165, 1.54) is 0 Å². The third kappa shape index (κ3) is 4.37. The molecule has 4 heterocycles. The number of amides is 3. The van der Waals surface area contributed by atoms with Crippen LogP contribution in [-0.4, -0.2) is 70.7 Å². The molecule has 2 saturated heterocycles. The van der Waals surface area contributed by atoms with Crippen molar-refractivity contribution in [2.24, 2.45) is 17.8 Å². The van der Waals surface area contributed by atoms with Crippen LogP contribution in [0.15, 0.2) is 72.8 Å². The first-order valence-corrected chi connectivity index (χ1v) is 15.9. The number of para-hydroxylation sites is 1. The van der Waals surface area contributed by atoms with E-state index in [1.54, 1.807) is 14.7 Å². The Hall–Kier alpha value is -3.75. The molecule has 1 N–H and O–H groups in total. The first-order chi connectivity index (χ1) is 21.1. The van der Waals surface area contributed by atoms with E-state index in [0.29, 0.717) is 25.9 Å². The van der Waals surface area contributed by atoms with Gasteiger partial charge in [0.1, 0.15) is 11.6 Å². The molecule has 0 radical (unpaired) electrons. The van der Waals surface area contributed by atoms with E-state index in [4.69, 9.17) is 4.74 Å². The summed E-state index contributed by atoms with van der Waals surface area (Å²) in [7, 11) is 0. The number of ether oxygens (including phenoxy) is 1. The summed E-state index contributed by atoms with van der Waals surface area (Å²) in [6.45, 7) is 10.3. The number of carbonyl (C=O) groups is 3. The molecule has 4 aliphatic heterocycles. The van der Waals surface area contributed by atoms with Gasteiger partial charge in [0.25, 0.3) is 5.91 Å². The normalized spacial score (nSPS) is 31.0. The fraction of sp³-hybridized carbons (Fsp3) is 0.472. The Morgan fingerprint density at radius 1 is 0.909 bits per heavy atom. The second kappa shape index (κ2) is 11.3. The van der Waals surface area contributed by atoms with Crippen molar-refractivity contribution in [3.8, 4) is 0 Å². The summed E-state index contributed by atoms with van der Waals surface area (Å²) < 4.78 is 7.14. The SMILES string of the molecule is CC[C@H](C)[C@H](CO)N1C(=O)[C@@H]2[C@H]3C(=O)N(c4ccccc4)CC=C[C@@]3(CC)O[C@@]23C=CCN(c2cc(C)ccc2C)C(=O)C13. The highest BCUT2D eigenvalue weighted by Gasteiger charge is 2.76. The minimum atomic E-state index is -1.39. The molecule has 2 aromatic rings. The monoisotopic (exact) mass is 597 g/mol. The molecule has 3 amide bonds. The van der Waals surface area contributed by atoms with E-state index in [-0.39, 0.29) is 30.2 Å². The molecule has 6 rings (SSSR count). The predicted molar refractivity (Wildman–Crippen MR) is 170 cm³/mol. The summed E-state index contributed by atoms with van der Waals surface area (Å²) in [6, 6.07) is 13.8. The average molecular weight is 598 g/mol. The van der Waals surface area contributed by atoms with Gasteiger partial charge in [0.15, 0.2) is 0 Å². The molecular formula is C36H43N3O5. The molecule has 232 valence electrons. The number of anilines is 2. The van der Waals surface area contributed by atoms with E-state index in [0.717, 1.165) is 22.5 Å². The summed E-state index contributed by atoms with van der Waals surface area (Å²) in [6.07, 6.45) is 8.86. The topological polar surface area (TPSA) is 90.4 Å². The van der Waals surface area contributed by atoms with Crippen LogP contribution in [0.5, 0.6) is 0 Å². The molecule has 4 aliphatic rings. The lowest BCUT2D eigenvalue weighted by Crippen LogP contribution is -2.60. The maximum absolute atomic E-state index is 15.0. The van der Waals surface area contributed by atoms with Crippen LogP contribution in [0.3, 0.4) is 0 Å². The first kappa shape index (κ1) is 30.3. The maximum Gasteiger partial charge on any atom is 0.253 e. The van der Waals surface area contributed by atoms with Crippen LogP contribution >= 0.6 is 0 Å². The maximum atomic E-state index is 15.0. The lowest BCUT2D eigenvalue weighted by Gasteiger charge is -2.42. The van der Waals surface area contributed by atoms with E-state index < -0.39 is 35.1 Å². The number of benzene rings is 2. The number of carbonyl (C=O) groups excluding carboxylic acids is 3. The van der Waals surface area contributed by atoms with Gasteiger partial charge in [-0.25, -0.2) is 0 Å². The molecule has 2 fully saturated rings. The quantitative estimate of drug-likeness (QED) is 0.472. The molecular weight excluding hydrogens is 554 g/mol. The summed E-state index contributed by atoms with van der Waals surface area (Å²) in [4.78, 5) is 49.6.